The molecule has 3 aromatic rings. The van der Waals surface area contributed by atoms with Gasteiger partial charge in [-0.25, -0.2) is 9.50 Å². The third kappa shape index (κ3) is 3.37. The summed E-state index contributed by atoms with van der Waals surface area (Å²) in [5.41, 5.74) is 2.30. The zero-order chi connectivity index (χ0) is 17.3. The topological polar surface area (TPSA) is 92.4 Å². The summed E-state index contributed by atoms with van der Waals surface area (Å²) >= 11 is 5.81. The molecule has 0 saturated carbocycles. The second kappa shape index (κ2) is 6.54. The molecule has 1 amide bonds. The Morgan fingerprint density at radius 2 is 2.00 bits per heavy atom. The number of aryl methyl sites for hydroxylation is 2. The van der Waals surface area contributed by atoms with Crippen LogP contribution in [0.15, 0.2) is 30.3 Å². The molecule has 0 bridgehead atoms. The van der Waals surface area contributed by atoms with E-state index in [0.717, 1.165) is 11.4 Å². The van der Waals surface area contributed by atoms with E-state index in [1.807, 2.05) is 19.9 Å². The van der Waals surface area contributed by atoms with Crippen molar-refractivity contribution in [2.24, 2.45) is 0 Å². The summed E-state index contributed by atoms with van der Waals surface area (Å²) in [5.74, 6) is -0.0824. The Labute approximate surface area is 143 Å². The van der Waals surface area contributed by atoms with E-state index in [4.69, 9.17) is 11.6 Å². The lowest BCUT2D eigenvalue weighted by Gasteiger charge is -2.11. The Kier molecular flexibility index (Phi) is 4.46. The third-order valence-corrected chi connectivity index (χ3v) is 3.78. The molecule has 24 heavy (non-hydrogen) atoms. The van der Waals surface area contributed by atoms with Gasteiger partial charge in [-0.15, -0.1) is 5.10 Å². The molecular formula is C16H16ClN5O2. The number of nitrogens with one attached hydrogen (secondary N) is 1. The van der Waals surface area contributed by atoms with Gasteiger partial charge in [0.1, 0.15) is 0 Å². The molecule has 2 N–H and O–H groups in total. The number of fused-ring (bicyclic) bond motifs is 1. The molecular weight excluding hydrogens is 330 g/mol. The average molecular weight is 346 g/mol. The van der Waals surface area contributed by atoms with Crippen LogP contribution in [0, 0.1) is 13.8 Å². The van der Waals surface area contributed by atoms with Crippen molar-refractivity contribution in [2.75, 3.05) is 6.54 Å². The predicted octanol–water partition coefficient (Wildman–Crippen LogP) is 1.86. The van der Waals surface area contributed by atoms with Crippen molar-refractivity contribution < 1.29 is 9.90 Å². The van der Waals surface area contributed by atoms with Crippen molar-refractivity contribution in [1.82, 2.24) is 24.9 Å². The lowest BCUT2D eigenvalue weighted by atomic mass is 10.1. The number of rotatable bonds is 4. The van der Waals surface area contributed by atoms with Gasteiger partial charge >= 0.3 is 0 Å². The zero-order valence-electron chi connectivity index (χ0n) is 13.2. The quantitative estimate of drug-likeness (QED) is 0.753. The van der Waals surface area contributed by atoms with Crippen molar-refractivity contribution in [3.05, 3.63) is 58.1 Å². The number of aliphatic hydroxyl groups excluding tert-OH is 1. The molecule has 1 unspecified atom stereocenters. The highest BCUT2D eigenvalue weighted by Crippen LogP contribution is 2.15. The zero-order valence-corrected chi connectivity index (χ0v) is 13.9. The summed E-state index contributed by atoms with van der Waals surface area (Å²) < 4.78 is 1.51. The molecule has 0 fully saturated rings. The lowest BCUT2D eigenvalue weighted by molar-refractivity contribution is 0.0906. The first kappa shape index (κ1) is 16.4. The number of nitrogens with zero attached hydrogens (tertiary/aromatic N) is 4. The number of benzene rings is 1. The summed E-state index contributed by atoms with van der Waals surface area (Å²) in [6, 6.07) is 8.63. The first-order chi connectivity index (χ1) is 11.4. The van der Waals surface area contributed by atoms with Crippen LogP contribution in [0.4, 0.5) is 0 Å². The molecule has 7 nitrogen and oxygen atoms in total. The first-order valence-corrected chi connectivity index (χ1v) is 7.74. The first-order valence-electron chi connectivity index (χ1n) is 7.37. The minimum absolute atomic E-state index is 0.0134. The van der Waals surface area contributed by atoms with Gasteiger partial charge in [0.2, 0.25) is 5.82 Å². The smallest absolute Gasteiger partial charge is 0.291 e. The summed E-state index contributed by atoms with van der Waals surface area (Å²) in [5, 5.41) is 17.5. The van der Waals surface area contributed by atoms with Crippen LogP contribution in [0.25, 0.3) is 5.78 Å². The highest BCUT2D eigenvalue weighted by molar-refractivity contribution is 6.30. The van der Waals surface area contributed by atoms with Crippen LogP contribution in [0.5, 0.6) is 0 Å². The number of aliphatic hydroxyl groups is 1. The average Bonchev–Trinajstić information content (AvgIpc) is 2.97. The Morgan fingerprint density at radius 1 is 1.29 bits per heavy atom. The fourth-order valence-corrected chi connectivity index (χ4v) is 2.46. The fraction of sp³-hybridized carbons (Fsp3) is 0.250. The van der Waals surface area contributed by atoms with E-state index in [-0.39, 0.29) is 12.4 Å². The van der Waals surface area contributed by atoms with Gasteiger partial charge < -0.3 is 10.4 Å². The van der Waals surface area contributed by atoms with Crippen LogP contribution < -0.4 is 5.32 Å². The Hall–Kier alpha value is -2.51. The van der Waals surface area contributed by atoms with E-state index >= 15 is 0 Å². The highest BCUT2D eigenvalue weighted by atomic mass is 35.5. The van der Waals surface area contributed by atoms with Gasteiger partial charge in [-0.05, 0) is 37.6 Å². The molecule has 0 radical (unpaired) electrons. The maximum atomic E-state index is 12.2. The molecule has 0 saturated heterocycles. The van der Waals surface area contributed by atoms with E-state index in [0.29, 0.717) is 16.4 Å². The van der Waals surface area contributed by atoms with Gasteiger partial charge in [0.15, 0.2) is 0 Å². The van der Waals surface area contributed by atoms with E-state index in [9.17, 15) is 9.90 Å². The van der Waals surface area contributed by atoms with Gasteiger partial charge in [-0.2, -0.15) is 4.98 Å². The van der Waals surface area contributed by atoms with Gasteiger partial charge in [0, 0.05) is 23.0 Å². The van der Waals surface area contributed by atoms with Gasteiger partial charge in [-0.3, -0.25) is 4.79 Å². The summed E-state index contributed by atoms with van der Waals surface area (Å²) in [6.07, 6.45) is -0.842. The van der Waals surface area contributed by atoms with Crippen molar-refractivity contribution in [3.63, 3.8) is 0 Å². The number of aromatic nitrogens is 4. The number of hydrogen-bond acceptors (Lipinski definition) is 5. The molecule has 3 rings (SSSR count). The van der Waals surface area contributed by atoms with Crippen molar-refractivity contribution in [1.29, 1.82) is 0 Å². The fourth-order valence-electron chi connectivity index (χ4n) is 2.33. The maximum Gasteiger partial charge on any atom is 0.291 e. The van der Waals surface area contributed by atoms with Crippen molar-refractivity contribution in [3.8, 4) is 0 Å². The predicted molar refractivity (Wildman–Crippen MR) is 89.0 cm³/mol. The van der Waals surface area contributed by atoms with E-state index in [2.05, 4.69) is 20.4 Å². The van der Waals surface area contributed by atoms with E-state index in [1.54, 1.807) is 24.3 Å². The minimum Gasteiger partial charge on any atom is -0.387 e. The summed E-state index contributed by atoms with van der Waals surface area (Å²) in [7, 11) is 0. The van der Waals surface area contributed by atoms with E-state index < -0.39 is 12.0 Å². The van der Waals surface area contributed by atoms with Crippen molar-refractivity contribution >= 4 is 23.3 Å². The molecule has 0 aliphatic heterocycles. The number of amides is 1. The summed E-state index contributed by atoms with van der Waals surface area (Å²) in [6.45, 7) is 3.76. The lowest BCUT2D eigenvalue weighted by Crippen LogP contribution is -2.29. The SMILES string of the molecule is Cc1cc(C)n2nc(C(=O)NCC(O)c3ccc(Cl)cc3)nc2n1. The Balaban J connectivity index is 1.71. The molecule has 124 valence electrons. The van der Waals surface area contributed by atoms with Crippen LogP contribution in [0.1, 0.15) is 33.7 Å². The number of carbonyl (C=O) groups excluding carboxylic acids is 1. The minimum atomic E-state index is -0.842. The maximum absolute atomic E-state index is 12.2. The largest absolute Gasteiger partial charge is 0.387 e. The standard InChI is InChI=1S/C16H16ClN5O2/c1-9-7-10(2)22-16(19-9)20-14(21-22)15(24)18-8-13(23)11-3-5-12(17)6-4-11/h3-7,13,23H,8H2,1-2H3,(H,18,24). The Morgan fingerprint density at radius 3 is 2.71 bits per heavy atom. The van der Waals surface area contributed by atoms with Crippen LogP contribution >= 0.6 is 11.6 Å². The van der Waals surface area contributed by atoms with Crippen LogP contribution in [-0.4, -0.2) is 37.1 Å². The molecule has 0 aliphatic carbocycles. The molecule has 1 atom stereocenters. The van der Waals surface area contributed by atoms with E-state index in [1.165, 1.54) is 4.52 Å². The second-order valence-corrected chi connectivity index (χ2v) is 5.90. The Bertz CT molecular complexity index is 891. The van der Waals surface area contributed by atoms with Crippen LogP contribution in [0.2, 0.25) is 5.02 Å². The molecule has 8 heteroatoms. The van der Waals surface area contributed by atoms with Gasteiger partial charge in [0.25, 0.3) is 11.7 Å². The van der Waals surface area contributed by atoms with Crippen LogP contribution in [0.3, 0.4) is 0 Å². The normalized spacial score (nSPS) is 12.3. The van der Waals surface area contributed by atoms with Crippen LogP contribution in [-0.2, 0) is 0 Å². The molecule has 0 aliphatic rings. The number of hydrogen-bond donors (Lipinski definition) is 2. The number of carbonyl (C=O) groups is 1. The van der Waals surface area contributed by atoms with Gasteiger partial charge in [0.05, 0.1) is 6.10 Å². The van der Waals surface area contributed by atoms with Gasteiger partial charge in [-0.1, -0.05) is 23.7 Å². The monoisotopic (exact) mass is 345 g/mol. The van der Waals surface area contributed by atoms with Crippen molar-refractivity contribution in [2.45, 2.75) is 20.0 Å². The highest BCUT2D eigenvalue weighted by Gasteiger charge is 2.16. The number of halogens is 1. The summed E-state index contributed by atoms with van der Waals surface area (Å²) in [4.78, 5) is 20.6. The molecule has 2 heterocycles. The second-order valence-electron chi connectivity index (χ2n) is 5.46. The third-order valence-electron chi connectivity index (χ3n) is 3.53. The molecule has 0 spiro atoms. The molecule has 1 aromatic carbocycles. The molecule has 2 aromatic heterocycles.